The van der Waals surface area contributed by atoms with E-state index in [2.05, 4.69) is 0 Å². The molecule has 4 aromatic carbocycles. The summed E-state index contributed by atoms with van der Waals surface area (Å²) < 4.78 is 207. The number of hydrogen-bond acceptors (Lipinski definition) is 8. The van der Waals surface area contributed by atoms with Gasteiger partial charge in [0.2, 0.25) is 5.41 Å². The second-order valence-electron chi connectivity index (χ2n) is 15.0. The molecule has 4 saturated heterocycles. The first-order valence-electron chi connectivity index (χ1n) is 18.8. The molecule has 0 spiro atoms. The van der Waals surface area contributed by atoms with E-state index in [1.165, 1.54) is 12.1 Å². The van der Waals surface area contributed by atoms with Crippen LogP contribution in [0.4, 0.5) is 64.1 Å². The van der Waals surface area contributed by atoms with Crippen LogP contribution in [-0.2, 0) is 36.7 Å². The summed E-state index contributed by atoms with van der Waals surface area (Å²) in [4.78, 5) is 3.30. The molecule has 20 heteroatoms. The Morgan fingerprint density at radius 2 is 0.738 bits per heavy atom. The molecule has 4 fully saturated rings. The third-order valence-corrected chi connectivity index (χ3v) is 10.5. The maximum Gasteiger partial charge on any atom is 0.420 e. The van der Waals surface area contributed by atoms with Crippen molar-refractivity contribution in [2.75, 3.05) is 62.4 Å². The molecule has 4 unspecified atom stereocenters. The monoisotopic (exact) mass is 878 g/mol. The third kappa shape index (κ3) is 9.61. The van der Waals surface area contributed by atoms with Crippen LogP contribution in [0.15, 0.2) is 84.9 Å². The Morgan fingerprint density at radius 3 is 0.984 bits per heavy atom. The van der Waals surface area contributed by atoms with Crippen molar-refractivity contribution in [1.82, 2.24) is 0 Å². The van der Waals surface area contributed by atoms with Crippen LogP contribution in [0.2, 0.25) is 0 Å². The molecule has 0 saturated carbocycles. The summed E-state index contributed by atoms with van der Waals surface area (Å²) >= 11 is 0. The largest absolute Gasteiger partial charge is 0.457 e. The number of nitrogens with zero attached hydrogens (tertiary/aromatic N) is 2. The SMILES string of the molecule is FC(F)(F)c1cc(N(CC2CO2)CC2CO2)ccc1Oc1ccc(C(c2ccc(Oc3ccc(N(CC4CO4)CC4CO4)cc3C(F)(F)F)cc2)(C(F)(F)F)C(F)(F)F)cc1. The smallest absolute Gasteiger partial charge is 0.420 e. The highest BCUT2D eigenvalue weighted by molar-refractivity contribution is 5.57. The molecule has 0 aromatic heterocycles. The molecule has 4 atom stereocenters. The van der Waals surface area contributed by atoms with Gasteiger partial charge in [-0.05, 0) is 71.8 Å². The number of alkyl halides is 12. The number of hydrogen-bond donors (Lipinski definition) is 0. The maximum absolute atomic E-state index is 15.0. The molecule has 0 radical (unpaired) electrons. The molecule has 8 nitrogen and oxygen atoms in total. The minimum absolute atomic E-state index is 0.165. The summed E-state index contributed by atoms with van der Waals surface area (Å²) in [5.74, 6) is -2.53. The number of benzene rings is 4. The van der Waals surface area contributed by atoms with Crippen molar-refractivity contribution in [3.05, 3.63) is 107 Å². The van der Waals surface area contributed by atoms with E-state index in [4.69, 9.17) is 28.4 Å². The lowest BCUT2D eigenvalue weighted by Crippen LogP contribution is -2.54. The quantitative estimate of drug-likeness (QED) is 0.0814. The van der Waals surface area contributed by atoms with Crippen LogP contribution < -0.4 is 19.3 Å². The van der Waals surface area contributed by atoms with Crippen molar-refractivity contribution < 1.29 is 81.1 Å². The van der Waals surface area contributed by atoms with Gasteiger partial charge < -0.3 is 38.2 Å². The molecule has 61 heavy (non-hydrogen) atoms. The Bertz CT molecular complexity index is 2000. The Hall–Kier alpha value is -4.92. The standard InChI is InChI=1S/C41H34F12N2O6/c42-38(43,44)33-13-25(54(15-29-19-56-29)16-30-20-57-30)5-11-35(33)60-27-7-1-23(2-8-27)37(40(48,49)50,41(51,52)53)24-3-9-28(10-4-24)61-36-12-6-26(14-34(36)39(45,46)47)55(17-31-21-58-31)18-32-22-59-32/h1-14,29-32H,15-22H2. The fourth-order valence-electron chi connectivity index (χ4n) is 7.08. The fourth-order valence-corrected chi connectivity index (χ4v) is 7.08. The normalized spacial score (nSPS) is 21.2. The molecule has 0 aliphatic carbocycles. The molecule has 4 heterocycles. The van der Waals surface area contributed by atoms with Gasteiger partial charge in [-0.2, -0.15) is 52.7 Å². The molecule has 4 aliphatic rings. The Kier molecular flexibility index (Phi) is 11.1. The van der Waals surface area contributed by atoms with Crippen molar-refractivity contribution in [2.24, 2.45) is 0 Å². The summed E-state index contributed by atoms with van der Waals surface area (Å²) in [6.45, 7) is 2.88. The molecule has 4 aromatic rings. The molecule has 328 valence electrons. The highest BCUT2D eigenvalue weighted by Gasteiger charge is 2.72. The Balaban J connectivity index is 1.06. The first-order chi connectivity index (χ1) is 28.7. The van der Waals surface area contributed by atoms with Gasteiger partial charge in [0, 0.05) is 37.6 Å². The zero-order valence-corrected chi connectivity index (χ0v) is 31.4. The van der Waals surface area contributed by atoms with Crippen LogP contribution in [-0.4, -0.2) is 89.4 Å². The average molecular weight is 879 g/mol. The highest BCUT2D eigenvalue weighted by Crippen LogP contribution is 2.57. The fraction of sp³-hybridized carbons (Fsp3) is 0.415. The van der Waals surface area contributed by atoms with Crippen LogP contribution in [0.25, 0.3) is 0 Å². The van der Waals surface area contributed by atoms with E-state index in [1.54, 1.807) is 9.80 Å². The molecule has 0 N–H and O–H groups in total. The minimum atomic E-state index is -6.07. The van der Waals surface area contributed by atoms with E-state index in [0.29, 0.717) is 75.0 Å². The lowest BCUT2D eigenvalue weighted by atomic mass is 9.73. The number of rotatable bonds is 16. The summed E-state index contributed by atoms with van der Waals surface area (Å²) in [6, 6.07) is 10.7. The van der Waals surface area contributed by atoms with Crippen molar-refractivity contribution in [1.29, 1.82) is 0 Å². The highest BCUT2D eigenvalue weighted by atomic mass is 19.4. The second kappa shape index (κ2) is 15.8. The molecular weight excluding hydrogens is 844 g/mol. The van der Waals surface area contributed by atoms with Gasteiger partial charge in [0.15, 0.2) is 0 Å². The number of epoxide rings is 4. The first kappa shape index (κ1) is 42.8. The molecule has 0 amide bonds. The first-order valence-corrected chi connectivity index (χ1v) is 18.8. The maximum atomic E-state index is 15.0. The van der Waals surface area contributed by atoms with Crippen molar-refractivity contribution in [2.45, 2.75) is 54.5 Å². The third-order valence-electron chi connectivity index (χ3n) is 10.5. The van der Waals surface area contributed by atoms with E-state index in [-0.39, 0.29) is 62.0 Å². The van der Waals surface area contributed by atoms with Gasteiger partial charge in [-0.15, -0.1) is 0 Å². The van der Waals surface area contributed by atoms with E-state index in [0.717, 1.165) is 24.3 Å². The summed E-state index contributed by atoms with van der Waals surface area (Å²) in [6.07, 6.45) is -22.8. The van der Waals surface area contributed by atoms with Crippen LogP contribution in [0.1, 0.15) is 22.3 Å². The van der Waals surface area contributed by atoms with Gasteiger partial charge in [0.1, 0.15) is 34.1 Å². The summed E-state index contributed by atoms with van der Waals surface area (Å²) in [5.41, 5.74) is -9.62. The van der Waals surface area contributed by atoms with E-state index in [9.17, 15) is 52.7 Å². The van der Waals surface area contributed by atoms with E-state index in [1.807, 2.05) is 0 Å². The van der Waals surface area contributed by atoms with E-state index >= 15 is 0 Å². The summed E-state index contributed by atoms with van der Waals surface area (Å²) in [7, 11) is 0. The van der Waals surface area contributed by atoms with Crippen molar-refractivity contribution in [3.8, 4) is 23.0 Å². The van der Waals surface area contributed by atoms with Gasteiger partial charge in [0.05, 0.1) is 50.8 Å². The second-order valence-corrected chi connectivity index (χ2v) is 15.0. The zero-order chi connectivity index (χ0) is 43.5. The predicted molar refractivity (Wildman–Crippen MR) is 192 cm³/mol. The van der Waals surface area contributed by atoms with Crippen LogP contribution in [0.3, 0.4) is 0 Å². The number of anilines is 2. The average Bonchev–Trinajstić information content (AvgIpc) is 3.94. The van der Waals surface area contributed by atoms with Crippen LogP contribution in [0.5, 0.6) is 23.0 Å². The summed E-state index contributed by atoms with van der Waals surface area (Å²) in [5, 5.41) is 0. The van der Waals surface area contributed by atoms with Crippen molar-refractivity contribution in [3.63, 3.8) is 0 Å². The predicted octanol–water partition coefficient (Wildman–Crippen LogP) is 9.93. The van der Waals surface area contributed by atoms with Gasteiger partial charge in [0.25, 0.3) is 0 Å². The zero-order valence-electron chi connectivity index (χ0n) is 31.4. The van der Waals surface area contributed by atoms with Gasteiger partial charge in [-0.3, -0.25) is 0 Å². The molecule has 8 rings (SSSR count). The Morgan fingerprint density at radius 1 is 0.443 bits per heavy atom. The van der Waals surface area contributed by atoms with Gasteiger partial charge >= 0.3 is 24.7 Å². The van der Waals surface area contributed by atoms with Crippen LogP contribution >= 0.6 is 0 Å². The minimum Gasteiger partial charge on any atom is -0.457 e. The Labute approximate surface area is 339 Å². The van der Waals surface area contributed by atoms with Crippen molar-refractivity contribution >= 4 is 11.4 Å². The lowest BCUT2D eigenvalue weighted by Gasteiger charge is -2.38. The molecular formula is C41H34F12N2O6. The van der Waals surface area contributed by atoms with Gasteiger partial charge in [-0.25, -0.2) is 0 Å². The number of halogens is 12. The molecule has 0 bridgehead atoms. The van der Waals surface area contributed by atoms with E-state index < -0.39 is 75.4 Å². The molecule has 4 aliphatic heterocycles. The topological polar surface area (TPSA) is 75.1 Å². The van der Waals surface area contributed by atoms with Crippen LogP contribution in [0, 0.1) is 0 Å². The van der Waals surface area contributed by atoms with Gasteiger partial charge in [-0.1, -0.05) is 24.3 Å². The number of ether oxygens (including phenoxy) is 6. The lowest BCUT2D eigenvalue weighted by molar-refractivity contribution is -0.288.